The van der Waals surface area contributed by atoms with E-state index in [1.54, 1.807) is 30.3 Å². The van der Waals surface area contributed by atoms with Crippen molar-refractivity contribution >= 4 is 45.2 Å². The second kappa shape index (κ2) is 8.98. The Labute approximate surface area is 173 Å². The molecule has 2 N–H and O–H groups in total. The van der Waals surface area contributed by atoms with E-state index >= 15 is 0 Å². The fourth-order valence-corrected chi connectivity index (χ4v) is 2.60. The summed E-state index contributed by atoms with van der Waals surface area (Å²) in [5.74, 6) is -1.13. The van der Waals surface area contributed by atoms with Crippen molar-refractivity contribution in [2.75, 3.05) is 5.32 Å². The van der Waals surface area contributed by atoms with Crippen molar-refractivity contribution in [3.05, 3.63) is 98.5 Å². The quantitative estimate of drug-likeness (QED) is 0.325. The second-order valence-electron chi connectivity index (χ2n) is 5.80. The van der Waals surface area contributed by atoms with Gasteiger partial charge in [0.1, 0.15) is 5.70 Å². The van der Waals surface area contributed by atoms with E-state index in [-0.39, 0.29) is 17.1 Å². The van der Waals surface area contributed by atoms with Gasteiger partial charge in [-0.25, -0.2) is 0 Å². The van der Waals surface area contributed by atoms with E-state index in [2.05, 4.69) is 26.6 Å². The van der Waals surface area contributed by atoms with E-state index < -0.39 is 16.7 Å². The average molecular weight is 456 g/mol. The molecule has 0 aliphatic carbocycles. The molecular formula is C20H14BrN3O5. The number of nitro groups is 1. The predicted octanol–water partition coefficient (Wildman–Crippen LogP) is 4.36. The summed E-state index contributed by atoms with van der Waals surface area (Å²) in [5.41, 5.74) is 0.906. The smallest absolute Gasteiger partial charge is 0.291 e. The molecule has 1 aromatic heterocycles. The van der Waals surface area contributed by atoms with Crippen molar-refractivity contribution in [3.8, 4) is 0 Å². The number of rotatable bonds is 6. The lowest BCUT2D eigenvalue weighted by Gasteiger charge is -2.10. The molecule has 0 unspecified atom stereocenters. The Kier molecular flexibility index (Phi) is 6.20. The Bertz CT molecular complexity index is 1060. The van der Waals surface area contributed by atoms with Crippen LogP contribution in [0.25, 0.3) is 6.08 Å². The highest BCUT2D eigenvalue weighted by atomic mass is 79.9. The van der Waals surface area contributed by atoms with Crippen molar-refractivity contribution in [2.24, 2.45) is 0 Å². The lowest BCUT2D eigenvalue weighted by Crippen LogP contribution is -2.30. The molecule has 2 amide bonds. The molecule has 0 saturated heterocycles. The van der Waals surface area contributed by atoms with Crippen LogP contribution in [-0.4, -0.2) is 16.7 Å². The van der Waals surface area contributed by atoms with Gasteiger partial charge >= 0.3 is 0 Å². The number of carbonyl (C=O) groups excluding carboxylic acids is 2. The molecule has 0 fully saturated rings. The number of nitrogens with one attached hydrogen (secondary N) is 2. The van der Waals surface area contributed by atoms with Gasteiger partial charge in [0.15, 0.2) is 5.76 Å². The van der Waals surface area contributed by atoms with Crippen LogP contribution in [0.15, 0.2) is 81.5 Å². The van der Waals surface area contributed by atoms with Crippen LogP contribution in [0, 0.1) is 10.1 Å². The number of nitro benzene ring substituents is 1. The number of anilines is 1. The fraction of sp³-hybridized carbons (Fsp3) is 0. The summed E-state index contributed by atoms with van der Waals surface area (Å²) >= 11 is 3.34. The largest absolute Gasteiger partial charge is 0.459 e. The number of halogens is 1. The maximum absolute atomic E-state index is 12.7. The summed E-state index contributed by atoms with van der Waals surface area (Å²) in [6, 6.07) is 15.5. The van der Waals surface area contributed by atoms with Gasteiger partial charge in [-0.2, -0.15) is 0 Å². The number of benzene rings is 2. The summed E-state index contributed by atoms with van der Waals surface area (Å²) in [4.78, 5) is 35.3. The fourth-order valence-electron chi connectivity index (χ4n) is 2.34. The molecular weight excluding hydrogens is 442 g/mol. The number of carbonyl (C=O) groups is 2. The van der Waals surface area contributed by atoms with Crippen LogP contribution in [0.4, 0.5) is 11.4 Å². The monoisotopic (exact) mass is 455 g/mol. The van der Waals surface area contributed by atoms with Gasteiger partial charge < -0.3 is 15.1 Å². The Morgan fingerprint density at radius 2 is 1.72 bits per heavy atom. The van der Waals surface area contributed by atoms with Crippen LogP contribution < -0.4 is 10.6 Å². The second-order valence-corrected chi connectivity index (χ2v) is 6.71. The van der Waals surface area contributed by atoms with Gasteiger partial charge in [0.05, 0.1) is 11.2 Å². The molecule has 8 nitrogen and oxygen atoms in total. The Balaban J connectivity index is 1.84. The summed E-state index contributed by atoms with van der Waals surface area (Å²) in [6.07, 6.45) is 2.86. The van der Waals surface area contributed by atoms with Crippen LogP contribution in [0.2, 0.25) is 0 Å². The van der Waals surface area contributed by atoms with Crippen LogP contribution >= 0.6 is 15.9 Å². The highest BCUT2D eigenvalue weighted by Crippen LogP contribution is 2.17. The summed E-state index contributed by atoms with van der Waals surface area (Å²) in [5, 5.41) is 15.9. The first-order valence-electron chi connectivity index (χ1n) is 8.30. The molecule has 1 heterocycles. The maximum Gasteiger partial charge on any atom is 0.291 e. The minimum Gasteiger partial charge on any atom is -0.459 e. The van der Waals surface area contributed by atoms with E-state index in [0.29, 0.717) is 11.3 Å². The minimum atomic E-state index is -0.596. The zero-order valence-electron chi connectivity index (χ0n) is 14.8. The zero-order chi connectivity index (χ0) is 20.8. The van der Waals surface area contributed by atoms with Gasteiger partial charge in [-0.3, -0.25) is 19.7 Å². The van der Waals surface area contributed by atoms with Crippen LogP contribution in [-0.2, 0) is 4.79 Å². The average Bonchev–Trinajstić information content (AvgIpc) is 3.24. The van der Waals surface area contributed by atoms with Gasteiger partial charge in [0, 0.05) is 22.3 Å². The van der Waals surface area contributed by atoms with E-state index in [9.17, 15) is 19.7 Å². The van der Waals surface area contributed by atoms with E-state index in [0.717, 1.165) is 4.47 Å². The maximum atomic E-state index is 12.7. The van der Waals surface area contributed by atoms with Gasteiger partial charge in [-0.05, 0) is 48.0 Å². The van der Waals surface area contributed by atoms with Gasteiger partial charge in [-0.15, -0.1) is 0 Å². The van der Waals surface area contributed by atoms with Crippen molar-refractivity contribution < 1.29 is 18.9 Å². The summed E-state index contributed by atoms with van der Waals surface area (Å²) in [6.45, 7) is 0. The Morgan fingerprint density at radius 1 is 1.03 bits per heavy atom. The molecule has 146 valence electrons. The lowest BCUT2D eigenvalue weighted by atomic mass is 10.2. The van der Waals surface area contributed by atoms with E-state index in [1.165, 1.54) is 42.7 Å². The first-order valence-corrected chi connectivity index (χ1v) is 9.09. The lowest BCUT2D eigenvalue weighted by molar-refractivity contribution is -0.384. The number of hydrogen-bond donors (Lipinski definition) is 2. The molecule has 3 rings (SSSR count). The molecule has 0 saturated carbocycles. The first-order chi connectivity index (χ1) is 13.9. The van der Waals surface area contributed by atoms with Crippen molar-refractivity contribution in [1.82, 2.24) is 5.32 Å². The number of non-ortho nitro benzene ring substituents is 1. The predicted molar refractivity (Wildman–Crippen MR) is 110 cm³/mol. The highest BCUT2D eigenvalue weighted by molar-refractivity contribution is 9.10. The standard InChI is InChI=1S/C20H14BrN3O5/c21-14-5-3-13(4-6-14)12-17(23-20(26)18-2-1-11-29-18)19(25)22-15-7-9-16(10-8-15)24(27)28/h1-12H,(H,22,25)(H,23,26). The van der Waals surface area contributed by atoms with Gasteiger partial charge in [0.25, 0.3) is 17.5 Å². The van der Waals surface area contributed by atoms with Gasteiger partial charge in [0.2, 0.25) is 0 Å². The molecule has 2 aromatic carbocycles. The third kappa shape index (κ3) is 5.39. The molecule has 0 radical (unpaired) electrons. The number of hydrogen-bond acceptors (Lipinski definition) is 5. The third-order valence-corrected chi connectivity index (χ3v) is 4.28. The Hall–Kier alpha value is -3.72. The normalized spacial score (nSPS) is 11.0. The molecule has 3 aromatic rings. The van der Waals surface area contributed by atoms with E-state index in [1.807, 2.05) is 0 Å². The van der Waals surface area contributed by atoms with Gasteiger partial charge in [-0.1, -0.05) is 28.1 Å². The third-order valence-electron chi connectivity index (χ3n) is 3.75. The number of nitrogens with zero attached hydrogens (tertiary/aromatic N) is 1. The highest BCUT2D eigenvalue weighted by Gasteiger charge is 2.17. The molecule has 9 heteroatoms. The molecule has 29 heavy (non-hydrogen) atoms. The van der Waals surface area contributed by atoms with Crippen molar-refractivity contribution in [1.29, 1.82) is 0 Å². The Morgan fingerprint density at radius 3 is 2.31 bits per heavy atom. The molecule has 0 aliphatic heterocycles. The number of amides is 2. The molecule has 0 bridgehead atoms. The SMILES string of the molecule is O=C(Nc1ccc([N+](=O)[O-])cc1)C(=Cc1ccc(Br)cc1)NC(=O)c1ccco1. The zero-order valence-corrected chi connectivity index (χ0v) is 16.4. The topological polar surface area (TPSA) is 114 Å². The van der Waals surface area contributed by atoms with Crippen LogP contribution in [0.1, 0.15) is 16.1 Å². The first kappa shape index (κ1) is 20.0. The van der Waals surface area contributed by atoms with E-state index in [4.69, 9.17) is 4.42 Å². The van der Waals surface area contributed by atoms with Crippen molar-refractivity contribution in [2.45, 2.75) is 0 Å². The van der Waals surface area contributed by atoms with Crippen molar-refractivity contribution in [3.63, 3.8) is 0 Å². The molecule has 0 atom stereocenters. The number of furan rings is 1. The summed E-state index contributed by atoms with van der Waals surface area (Å²) in [7, 11) is 0. The van der Waals surface area contributed by atoms with Crippen LogP contribution in [0.5, 0.6) is 0 Å². The van der Waals surface area contributed by atoms with Crippen LogP contribution in [0.3, 0.4) is 0 Å². The molecule has 0 aliphatic rings. The summed E-state index contributed by atoms with van der Waals surface area (Å²) < 4.78 is 5.92. The molecule has 0 spiro atoms. The minimum absolute atomic E-state index is 0.0212.